The number of hydrogen-bond acceptors (Lipinski definition) is 6. The lowest BCUT2D eigenvalue weighted by molar-refractivity contribution is -0.119. The van der Waals surface area contributed by atoms with Crippen molar-refractivity contribution in [2.24, 2.45) is 0 Å². The van der Waals surface area contributed by atoms with Crippen LogP contribution in [0, 0.1) is 0 Å². The van der Waals surface area contributed by atoms with E-state index in [0.717, 1.165) is 55.2 Å². The Morgan fingerprint density at radius 3 is 2.74 bits per heavy atom. The van der Waals surface area contributed by atoms with Crippen molar-refractivity contribution in [3.05, 3.63) is 53.6 Å². The standard InChI is InChI=1S/C23H26ClN3O3S/c24-19-8-4-9-20-22(19)25-23(31-20)27(12-5-11-26-13-16-29-17-14-26)21(28)10-15-30-18-6-2-1-3-7-18/h1-4,6-9H,5,10-17H2. The van der Waals surface area contributed by atoms with Crippen LogP contribution in [0.15, 0.2) is 48.5 Å². The van der Waals surface area contributed by atoms with Crippen LogP contribution in [0.1, 0.15) is 12.8 Å². The molecule has 1 saturated heterocycles. The van der Waals surface area contributed by atoms with E-state index >= 15 is 0 Å². The van der Waals surface area contributed by atoms with Crippen molar-refractivity contribution in [3.63, 3.8) is 0 Å². The fourth-order valence-corrected chi connectivity index (χ4v) is 4.84. The number of fused-ring (bicyclic) bond motifs is 1. The Bertz CT molecular complexity index is 992. The van der Waals surface area contributed by atoms with Gasteiger partial charge in [0.1, 0.15) is 11.3 Å². The van der Waals surface area contributed by atoms with Crippen molar-refractivity contribution in [1.82, 2.24) is 9.88 Å². The van der Waals surface area contributed by atoms with Crippen molar-refractivity contribution in [1.29, 1.82) is 0 Å². The Kier molecular flexibility index (Phi) is 7.75. The topological polar surface area (TPSA) is 54.9 Å². The Labute approximate surface area is 191 Å². The van der Waals surface area contributed by atoms with Crippen LogP contribution in [0.5, 0.6) is 5.75 Å². The van der Waals surface area contributed by atoms with E-state index in [1.807, 2.05) is 48.5 Å². The van der Waals surface area contributed by atoms with Crippen LogP contribution in [-0.4, -0.2) is 61.8 Å². The molecule has 164 valence electrons. The predicted octanol–water partition coefficient (Wildman–Crippen LogP) is 4.47. The molecule has 0 spiro atoms. The van der Waals surface area contributed by atoms with E-state index in [1.54, 1.807) is 4.90 Å². The summed E-state index contributed by atoms with van der Waals surface area (Å²) >= 11 is 7.81. The lowest BCUT2D eigenvalue weighted by Gasteiger charge is -2.27. The van der Waals surface area contributed by atoms with Gasteiger partial charge >= 0.3 is 0 Å². The summed E-state index contributed by atoms with van der Waals surface area (Å²) in [4.78, 5) is 22.0. The number of carbonyl (C=O) groups excluding carboxylic acids is 1. The van der Waals surface area contributed by atoms with Gasteiger partial charge in [-0.2, -0.15) is 0 Å². The molecule has 3 aromatic rings. The molecule has 0 N–H and O–H groups in total. The molecule has 0 atom stereocenters. The largest absolute Gasteiger partial charge is 0.493 e. The first kappa shape index (κ1) is 22.0. The van der Waals surface area contributed by atoms with Crippen LogP contribution in [0.2, 0.25) is 5.02 Å². The number of carbonyl (C=O) groups is 1. The third kappa shape index (κ3) is 5.95. The molecule has 2 aromatic carbocycles. The van der Waals surface area contributed by atoms with Gasteiger partial charge in [0.15, 0.2) is 5.13 Å². The van der Waals surface area contributed by atoms with Gasteiger partial charge in [0, 0.05) is 26.2 Å². The fraction of sp³-hybridized carbons (Fsp3) is 0.391. The molecule has 2 heterocycles. The van der Waals surface area contributed by atoms with Gasteiger partial charge in [0.05, 0.1) is 36.0 Å². The first-order valence-corrected chi connectivity index (χ1v) is 11.7. The van der Waals surface area contributed by atoms with Gasteiger partial charge in [-0.3, -0.25) is 14.6 Å². The van der Waals surface area contributed by atoms with Crippen LogP contribution in [-0.2, 0) is 9.53 Å². The van der Waals surface area contributed by atoms with Crippen LogP contribution in [0.4, 0.5) is 5.13 Å². The Hall–Kier alpha value is -2.19. The number of rotatable bonds is 9. The number of halogens is 1. The highest BCUT2D eigenvalue weighted by Gasteiger charge is 2.21. The van der Waals surface area contributed by atoms with E-state index in [1.165, 1.54) is 11.3 Å². The molecule has 0 aliphatic carbocycles. The zero-order valence-electron chi connectivity index (χ0n) is 17.3. The summed E-state index contributed by atoms with van der Waals surface area (Å²) in [6, 6.07) is 15.3. The van der Waals surface area contributed by atoms with Crippen molar-refractivity contribution in [2.75, 3.05) is 50.9 Å². The average Bonchev–Trinajstić information content (AvgIpc) is 3.23. The van der Waals surface area contributed by atoms with Crippen molar-refractivity contribution in [3.8, 4) is 5.75 Å². The molecule has 0 bridgehead atoms. The molecule has 4 rings (SSSR count). The maximum absolute atomic E-state index is 13.1. The van der Waals surface area contributed by atoms with Gasteiger partial charge in [0.2, 0.25) is 5.91 Å². The third-order valence-corrected chi connectivity index (χ3v) is 6.53. The summed E-state index contributed by atoms with van der Waals surface area (Å²) in [5.74, 6) is 0.772. The maximum atomic E-state index is 13.1. The first-order chi connectivity index (χ1) is 15.2. The monoisotopic (exact) mass is 459 g/mol. The highest BCUT2D eigenvalue weighted by Crippen LogP contribution is 2.33. The Morgan fingerprint density at radius 1 is 1.16 bits per heavy atom. The number of aromatic nitrogens is 1. The highest BCUT2D eigenvalue weighted by molar-refractivity contribution is 7.22. The summed E-state index contributed by atoms with van der Waals surface area (Å²) < 4.78 is 12.1. The predicted molar refractivity (Wildman–Crippen MR) is 125 cm³/mol. The van der Waals surface area contributed by atoms with E-state index in [2.05, 4.69) is 9.88 Å². The Balaban J connectivity index is 1.42. The summed E-state index contributed by atoms with van der Waals surface area (Å²) in [7, 11) is 0. The van der Waals surface area contributed by atoms with Crippen LogP contribution < -0.4 is 9.64 Å². The number of benzene rings is 2. The molecule has 1 amide bonds. The number of hydrogen-bond donors (Lipinski definition) is 0. The fourth-order valence-electron chi connectivity index (χ4n) is 3.53. The maximum Gasteiger partial charge on any atom is 0.232 e. The molecule has 1 aliphatic rings. The second-order valence-electron chi connectivity index (χ2n) is 7.35. The SMILES string of the molecule is O=C(CCOc1ccccc1)N(CCCN1CCOCC1)c1nc2c(Cl)cccc2s1. The smallest absolute Gasteiger partial charge is 0.232 e. The number of nitrogens with zero attached hydrogens (tertiary/aromatic N) is 3. The van der Waals surface area contributed by atoms with E-state index in [-0.39, 0.29) is 12.3 Å². The minimum absolute atomic E-state index is 0.00749. The molecule has 0 unspecified atom stereocenters. The van der Waals surface area contributed by atoms with Crippen molar-refractivity contribution < 1.29 is 14.3 Å². The summed E-state index contributed by atoms with van der Waals surface area (Å²) in [6.45, 7) is 5.30. The van der Waals surface area contributed by atoms with Gasteiger partial charge in [-0.1, -0.05) is 47.2 Å². The number of anilines is 1. The van der Waals surface area contributed by atoms with Gasteiger partial charge in [-0.05, 0) is 30.7 Å². The van der Waals surface area contributed by atoms with E-state index in [4.69, 9.17) is 21.1 Å². The third-order valence-electron chi connectivity index (χ3n) is 5.18. The lowest BCUT2D eigenvalue weighted by Crippen LogP contribution is -2.39. The summed E-state index contributed by atoms with van der Waals surface area (Å²) in [6.07, 6.45) is 1.16. The normalized spacial score (nSPS) is 14.6. The molecule has 1 aliphatic heterocycles. The minimum Gasteiger partial charge on any atom is -0.493 e. The summed E-state index contributed by atoms with van der Waals surface area (Å²) in [5, 5.41) is 1.29. The molecule has 8 heteroatoms. The van der Waals surface area contributed by atoms with E-state index in [0.29, 0.717) is 23.3 Å². The number of thiazole rings is 1. The zero-order valence-corrected chi connectivity index (χ0v) is 18.9. The van der Waals surface area contributed by atoms with E-state index < -0.39 is 0 Å². The second-order valence-corrected chi connectivity index (χ2v) is 8.76. The Morgan fingerprint density at radius 2 is 1.97 bits per heavy atom. The quantitative estimate of drug-likeness (QED) is 0.472. The molecule has 0 radical (unpaired) electrons. The molecule has 1 aromatic heterocycles. The van der Waals surface area contributed by atoms with Crippen LogP contribution >= 0.6 is 22.9 Å². The molecule has 31 heavy (non-hydrogen) atoms. The minimum atomic E-state index is 0.00749. The van der Waals surface area contributed by atoms with Crippen LogP contribution in [0.25, 0.3) is 10.2 Å². The van der Waals surface area contributed by atoms with Gasteiger partial charge in [0.25, 0.3) is 0 Å². The number of para-hydroxylation sites is 2. The molecular formula is C23H26ClN3O3S. The number of amides is 1. The van der Waals surface area contributed by atoms with Gasteiger partial charge < -0.3 is 9.47 Å². The van der Waals surface area contributed by atoms with Gasteiger partial charge in [-0.25, -0.2) is 4.98 Å². The molecule has 0 saturated carbocycles. The first-order valence-electron chi connectivity index (χ1n) is 10.5. The molecular weight excluding hydrogens is 434 g/mol. The van der Waals surface area contributed by atoms with E-state index in [9.17, 15) is 4.79 Å². The lowest BCUT2D eigenvalue weighted by atomic mass is 10.3. The average molecular weight is 460 g/mol. The van der Waals surface area contributed by atoms with Gasteiger partial charge in [-0.15, -0.1) is 0 Å². The highest BCUT2D eigenvalue weighted by atomic mass is 35.5. The van der Waals surface area contributed by atoms with Crippen molar-refractivity contribution in [2.45, 2.75) is 12.8 Å². The summed E-state index contributed by atoms with van der Waals surface area (Å²) in [5.41, 5.74) is 0.746. The van der Waals surface area contributed by atoms with Crippen molar-refractivity contribution >= 4 is 44.2 Å². The number of ether oxygens (including phenoxy) is 2. The molecule has 6 nitrogen and oxygen atoms in total. The molecule has 1 fully saturated rings. The second kappa shape index (κ2) is 10.9. The van der Waals surface area contributed by atoms with Crippen LogP contribution in [0.3, 0.4) is 0 Å². The number of morpholine rings is 1. The zero-order chi connectivity index (χ0) is 21.5.